The topological polar surface area (TPSA) is 101 Å². The molecule has 6 rings (SSSR count). The molecule has 0 aliphatic carbocycles. The maximum atomic E-state index is 10.9. The van der Waals surface area contributed by atoms with E-state index in [4.69, 9.17) is 4.74 Å². The minimum absolute atomic E-state index is 0.00826. The first kappa shape index (κ1) is 22.7. The number of nitrogens with zero attached hydrogens (tertiary/aromatic N) is 4. The third-order valence-corrected chi connectivity index (χ3v) is 7.31. The van der Waals surface area contributed by atoms with Gasteiger partial charge in [0.2, 0.25) is 5.72 Å². The van der Waals surface area contributed by atoms with Crippen LogP contribution in [0.4, 0.5) is 22.7 Å². The highest BCUT2D eigenvalue weighted by atomic mass is 16.6. The van der Waals surface area contributed by atoms with Crippen LogP contribution in [-0.2, 0) is 17.7 Å². The minimum Gasteiger partial charge on any atom is -0.508 e. The number of anilines is 1. The molecule has 2 heterocycles. The molecule has 8 nitrogen and oxygen atoms in total. The fourth-order valence-electron chi connectivity index (χ4n) is 5.51. The Hall–Kier alpha value is -4.72. The van der Waals surface area contributed by atoms with Crippen LogP contribution >= 0.6 is 0 Å². The minimum atomic E-state index is -0.806. The highest BCUT2D eigenvalue weighted by molar-refractivity contribution is 5.71. The zero-order chi connectivity index (χ0) is 25.8. The highest BCUT2D eigenvalue weighted by Gasteiger charge is 2.62. The third-order valence-electron chi connectivity index (χ3n) is 7.31. The van der Waals surface area contributed by atoms with Crippen molar-refractivity contribution in [3.63, 3.8) is 0 Å². The molecule has 0 spiro atoms. The van der Waals surface area contributed by atoms with Crippen molar-refractivity contribution in [1.29, 1.82) is 0 Å². The molecule has 0 aromatic heterocycles. The normalized spacial score (nSPS) is 19.1. The number of hydrogen-bond donors (Lipinski definition) is 1. The lowest BCUT2D eigenvalue weighted by molar-refractivity contribution is -0.384. The van der Waals surface area contributed by atoms with Crippen molar-refractivity contribution in [2.75, 3.05) is 4.90 Å². The van der Waals surface area contributed by atoms with Gasteiger partial charge in [-0.3, -0.25) is 10.1 Å². The Labute approximate surface area is 213 Å². The van der Waals surface area contributed by atoms with E-state index in [-0.39, 0.29) is 11.4 Å². The van der Waals surface area contributed by atoms with E-state index in [2.05, 4.69) is 41.1 Å². The molecule has 1 atom stereocenters. The molecule has 2 aliphatic heterocycles. The van der Waals surface area contributed by atoms with E-state index in [0.717, 1.165) is 28.1 Å². The molecule has 1 N–H and O–H groups in total. The largest absolute Gasteiger partial charge is 0.508 e. The van der Waals surface area contributed by atoms with Gasteiger partial charge in [0.25, 0.3) is 5.69 Å². The van der Waals surface area contributed by atoms with Crippen LogP contribution in [0.25, 0.3) is 0 Å². The van der Waals surface area contributed by atoms with E-state index in [1.807, 2.05) is 48.5 Å². The van der Waals surface area contributed by atoms with E-state index in [1.165, 1.54) is 12.1 Å². The molecule has 4 aromatic rings. The van der Waals surface area contributed by atoms with Gasteiger partial charge in [-0.2, -0.15) is 10.2 Å². The number of benzene rings is 4. The smallest absolute Gasteiger partial charge is 0.269 e. The fraction of sp³-hybridized carbons (Fsp3) is 0.172. The van der Waals surface area contributed by atoms with Gasteiger partial charge in [-0.1, -0.05) is 30.3 Å². The number of phenols is 1. The van der Waals surface area contributed by atoms with Crippen LogP contribution in [0.1, 0.15) is 30.5 Å². The molecule has 0 bridgehead atoms. The number of phenolic OH excluding ortho intramolecular Hbond substituents is 1. The number of hydrogen-bond acceptors (Lipinski definition) is 7. The van der Waals surface area contributed by atoms with Gasteiger partial charge >= 0.3 is 0 Å². The fourth-order valence-corrected chi connectivity index (χ4v) is 5.51. The van der Waals surface area contributed by atoms with Gasteiger partial charge in [0.15, 0.2) is 0 Å². The summed E-state index contributed by atoms with van der Waals surface area (Å²) in [6.45, 7) is 4.87. The summed E-state index contributed by atoms with van der Waals surface area (Å²) in [6.07, 6.45) is 0. The zero-order valence-corrected chi connectivity index (χ0v) is 20.3. The number of ether oxygens (including phenoxy) is 1. The van der Waals surface area contributed by atoms with Crippen molar-refractivity contribution in [2.24, 2.45) is 10.2 Å². The van der Waals surface area contributed by atoms with Crippen LogP contribution in [0.3, 0.4) is 0 Å². The van der Waals surface area contributed by atoms with E-state index in [0.29, 0.717) is 17.9 Å². The number of nitro benzene ring substituents is 1. The Morgan fingerprint density at radius 2 is 1.62 bits per heavy atom. The Morgan fingerprint density at radius 3 is 2.35 bits per heavy atom. The molecule has 1 unspecified atom stereocenters. The van der Waals surface area contributed by atoms with Gasteiger partial charge in [0, 0.05) is 28.9 Å². The van der Waals surface area contributed by atoms with Crippen molar-refractivity contribution in [1.82, 2.24) is 0 Å². The first-order valence-electron chi connectivity index (χ1n) is 11.9. The number of non-ortho nitro benzene ring substituents is 1. The van der Waals surface area contributed by atoms with Crippen LogP contribution in [0.5, 0.6) is 11.5 Å². The average molecular weight is 493 g/mol. The summed E-state index contributed by atoms with van der Waals surface area (Å²) in [6, 6.07) is 27.3. The summed E-state index contributed by atoms with van der Waals surface area (Å²) in [4.78, 5) is 12.7. The second-order valence-corrected chi connectivity index (χ2v) is 9.79. The summed E-state index contributed by atoms with van der Waals surface area (Å²) < 4.78 is 6.93. The van der Waals surface area contributed by atoms with E-state index in [1.54, 1.807) is 18.2 Å². The average Bonchev–Trinajstić information content (AvgIpc) is 3.10. The Kier molecular flexibility index (Phi) is 5.01. The van der Waals surface area contributed by atoms with Crippen molar-refractivity contribution in [3.05, 3.63) is 118 Å². The van der Waals surface area contributed by atoms with E-state index in [9.17, 15) is 15.2 Å². The quantitative estimate of drug-likeness (QED) is 0.184. The lowest BCUT2D eigenvalue weighted by Crippen LogP contribution is -2.58. The second kappa shape index (κ2) is 8.16. The lowest BCUT2D eigenvalue weighted by atomic mass is 9.73. The summed E-state index contributed by atoms with van der Waals surface area (Å²) in [5, 5.41) is 29.8. The van der Waals surface area contributed by atoms with Gasteiger partial charge in [0.05, 0.1) is 28.3 Å². The standard InChI is InChI=1S/C29H24N4O4/c1-28(2)25-17-24(34)13-14-26(25)32-18-19-16-22(31-30-21-8-11-23(12-9-21)33(35)36)10-15-27(19)37-29(28,32)20-6-4-3-5-7-20/h3-17,34H,18H2,1-2H3. The molecular weight excluding hydrogens is 468 g/mol. The van der Waals surface area contributed by atoms with Crippen LogP contribution in [0.2, 0.25) is 0 Å². The van der Waals surface area contributed by atoms with Crippen molar-refractivity contribution in [3.8, 4) is 11.5 Å². The van der Waals surface area contributed by atoms with Crippen molar-refractivity contribution in [2.45, 2.75) is 31.5 Å². The number of nitro groups is 1. The molecule has 0 radical (unpaired) electrons. The number of aromatic hydroxyl groups is 1. The second-order valence-electron chi connectivity index (χ2n) is 9.79. The predicted molar refractivity (Wildman–Crippen MR) is 140 cm³/mol. The van der Waals surface area contributed by atoms with Crippen molar-refractivity contribution < 1.29 is 14.8 Å². The number of azo groups is 1. The summed E-state index contributed by atoms with van der Waals surface area (Å²) in [5.74, 6) is 0.987. The zero-order valence-electron chi connectivity index (χ0n) is 20.3. The Balaban J connectivity index is 1.41. The molecule has 0 saturated heterocycles. The molecule has 4 aromatic carbocycles. The maximum Gasteiger partial charge on any atom is 0.269 e. The first-order valence-corrected chi connectivity index (χ1v) is 11.9. The van der Waals surface area contributed by atoms with Crippen LogP contribution in [-0.4, -0.2) is 10.0 Å². The van der Waals surface area contributed by atoms with Gasteiger partial charge in [0.1, 0.15) is 11.5 Å². The highest BCUT2D eigenvalue weighted by Crippen LogP contribution is 2.60. The van der Waals surface area contributed by atoms with Crippen LogP contribution in [0.15, 0.2) is 101 Å². The summed E-state index contributed by atoms with van der Waals surface area (Å²) in [5.41, 5.74) is 3.92. The molecule has 8 heteroatoms. The lowest BCUT2D eigenvalue weighted by Gasteiger charge is -2.50. The Morgan fingerprint density at radius 1 is 0.919 bits per heavy atom. The van der Waals surface area contributed by atoms with Gasteiger partial charge in [-0.05, 0) is 67.9 Å². The molecular formula is C29H24N4O4. The van der Waals surface area contributed by atoms with Gasteiger partial charge < -0.3 is 14.7 Å². The SMILES string of the molecule is CC1(C)c2cc(O)ccc2N2Cc3cc(N=Nc4ccc([N+](=O)[O-])cc4)ccc3OC21c1ccccc1. The Bertz CT molecular complexity index is 1550. The van der Waals surface area contributed by atoms with Crippen LogP contribution < -0.4 is 9.64 Å². The molecule has 184 valence electrons. The summed E-state index contributed by atoms with van der Waals surface area (Å²) in [7, 11) is 0. The molecule has 2 aliphatic rings. The molecule has 37 heavy (non-hydrogen) atoms. The van der Waals surface area contributed by atoms with Gasteiger partial charge in [-0.25, -0.2) is 0 Å². The predicted octanol–water partition coefficient (Wildman–Crippen LogP) is 7.26. The molecule has 0 saturated carbocycles. The van der Waals surface area contributed by atoms with Crippen molar-refractivity contribution >= 4 is 22.7 Å². The van der Waals surface area contributed by atoms with E-state index < -0.39 is 16.1 Å². The maximum absolute atomic E-state index is 10.9. The monoisotopic (exact) mass is 492 g/mol. The van der Waals surface area contributed by atoms with E-state index >= 15 is 0 Å². The third kappa shape index (κ3) is 3.44. The molecule has 0 fully saturated rings. The number of rotatable bonds is 4. The first-order chi connectivity index (χ1) is 17.8. The van der Waals surface area contributed by atoms with Crippen LogP contribution in [0, 0.1) is 10.1 Å². The molecule has 0 amide bonds. The summed E-state index contributed by atoms with van der Waals surface area (Å²) >= 11 is 0. The number of fused-ring (bicyclic) bond motifs is 4. The van der Waals surface area contributed by atoms with Gasteiger partial charge in [-0.15, -0.1) is 0 Å².